The molecule has 0 amide bonds. The molecule has 0 fully saturated rings. The number of allylic oxidation sites excluding steroid dienone is 1. The van der Waals surface area contributed by atoms with Gasteiger partial charge in [-0.1, -0.05) is 47.9 Å². The Labute approximate surface area is 110 Å². The Morgan fingerprint density at radius 1 is 1.28 bits per heavy atom. The molecule has 1 atom stereocenters. The maximum absolute atomic E-state index is 5.75. The summed E-state index contributed by atoms with van der Waals surface area (Å²) in [6.07, 6.45) is 9.77. The van der Waals surface area contributed by atoms with Gasteiger partial charge in [0.15, 0.2) is 0 Å². The van der Waals surface area contributed by atoms with Gasteiger partial charge in [-0.3, -0.25) is 11.3 Å². The Morgan fingerprint density at radius 2 is 2.17 bits per heavy atom. The van der Waals surface area contributed by atoms with Gasteiger partial charge in [0.2, 0.25) is 0 Å². The van der Waals surface area contributed by atoms with Gasteiger partial charge in [-0.2, -0.15) is 0 Å². The Kier molecular flexibility index (Phi) is 4.97. The molecule has 2 rings (SSSR count). The predicted molar refractivity (Wildman–Crippen MR) is 77.2 cm³/mol. The summed E-state index contributed by atoms with van der Waals surface area (Å²) in [5, 5.41) is 0. The zero-order chi connectivity index (χ0) is 12.8. The molecule has 0 bridgehead atoms. The van der Waals surface area contributed by atoms with Crippen molar-refractivity contribution in [2.24, 2.45) is 5.84 Å². The molecule has 1 unspecified atom stereocenters. The van der Waals surface area contributed by atoms with Crippen molar-refractivity contribution in [2.45, 2.75) is 51.5 Å². The number of rotatable bonds is 4. The highest BCUT2D eigenvalue weighted by molar-refractivity contribution is 5.25. The van der Waals surface area contributed by atoms with E-state index in [9.17, 15) is 0 Å². The van der Waals surface area contributed by atoms with E-state index in [-0.39, 0.29) is 0 Å². The molecule has 0 saturated carbocycles. The van der Waals surface area contributed by atoms with E-state index < -0.39 is 0 Å². The summed E-state index contributed by atoms with van der Waals surface area (Å²) < 4.78 is 0. The molecule has 1 aliphatic rings. The average molecular weight is 244 g/mol. The number of benzene rings is 1. The summed E-state index contributed by atoms with van der Waals surface area (Å²) in [6.45, 7) is 2.14. The van der Waals surface area contributed by atoms with Gasteiger partial charge >= 0.3 is 0 Å². The zero-order valence-corrected chi connectivity index (χ0v) is 11.3. The smallest absolute Gasteiger partial charge is 0.0460 e. The monoisotopic (exact) mass is 244 g/mol. The number of hydrogen-bond acceptors (Lipinski definition) is 2. The molecule has 18 heavy (non-hydrogen) atoms. The third kappa shape index (κ3) is 3.69. The molecule has 1 aliphatic carbocycles. The predicted octanol–water partition coefficient (Wildman–Crippen LogP) is 3.26. The normalized spacial score (nSPS) is 18.0. The van der Waals surface area contributed by atoms with Crippen molar-refractivity contribution in [2.75, 3.05) is 0 Å². The molecule has 0 saturated heterocycles. The largest absolute Gasteiger partial charge is 0.271 e. The summed E-state index contributed by atoms with van der Waals surface area (Å²) in [4.78, 5) is 0. The van der Waals surface area contributed by atoms with Crippen LogP contribution in [0.4, 0.5) is 0 Å². The molecular weight excluding hydrogens is 220 g/mol. The number of nitrogens with two attached hydrogens (primary N) is 1. The Balaban J connectivity index is 2.06. The lowest BCUT2D eigenvalue weighted by Gasteiger charge is -2.19. The molecule has 0 heterocycles. The van der Waals surface area contributed by atoms with Crippen molar-refractivity contribution in [3.63, 3.8) is 0 Å². The van der Waals surface area contributed by atoms with E-state index in [0.29, 0.717) is 6.04 Å². The first-order chi connectivity index (χ1) is 8.79. The van der Waals surface area contributed by atoms with Crippen molar-refractivity contribution >= 4 is 0 Å². The first-order valence-corrected chi connectivity index (χ1v) is 7.00. The lowest BCUT2D eigenvalue weighted by atomic mass is 9.95. The minimum absolute atomic E-state index is 0.296. The molecule has 0 spiro atoms. The number of hydrogen-bond donors (Lipinski definition) is 2. The van der Waals surface area contributed by atoms with Crippen molar-refractivity contribution in [3.05, 3.63) is 47.0 Å². The third-order valence-electron chi connectivity index (χ3n) is 3.75. The van der Waals surface area contributed by atoms with Crippen molar-refractivity contribution < 1.29 is 0 Å². The molecule has 1 aromatic rings. The van der Waals surface area contributed by atoms with E-state index in [0.717, 1.165) is 6.42 Å². The van der Waals surface area contributed by atoms with E-state index in [1.807, 2.05) is 0 Å². The first kappa shape index (κ1) is 13.3. The van der Waals surface area contributed by atoms with Crippen LogP contribution in [0.3, 0.4) is 0 Å². The summed E-state index contributed by atoms with van der Waals surface area (Å²) in [5.74, 6) is 5.75. The molecular formula is C16H24N2. The van der Waals surface area contributed by atoms with E-state index in [1.54, 1.807) is 0 Å². The topological polar surface area (TPSA) is 38.0 Å². The highest BCUT2D eigenvalue weighted by atomic mass is 15.2. The van der Waals surface area contributed by atoms with E-state index >= 15 is 0 Å². The lowest BCUT2D eigenvalue weighted by Crippen LogP contribution is -2.38. The van der Waals surface area contributed by atoms with Crippen LogP contribution in [0.15, 0.2) is 35.9 Å². The molecule has 2 nitrogen and oxygen atoms in total. The Hall–Kier alpha value is -1.12. The summed E-state index contributed by atoms with van der Waals surface area (Å²) in [5.41, 5.74) is 7.18. The van der Waals surface area contributed by atoms with Gasteiger partial charge in [0.25, 0.3) is 0 Å². The van der Waals surface area contributed by atoms with Crippen LogP contribution in [0.1, 0.15) is 43.2 Å². The molecule has 98 valence electrons. The van der Waals surface area contributed by atoms with Crippen LogP contribution in [0.2, 0.25) is 0 Å². The maximum atomic E-state index is 5.75. The van der Waals surface area contributed by atoms with E-state index in [2.05, 4.69) is 42.7 Å². The second-order valence-corrected chi connectivity index (χ2v) is 5.29. The quantitative estimate of drug-likeness (QED) is 0.485. The fourth-order valence-corrected chi connectivity index (χ4v) is 2.73. The van der Waals surface area contributed by atoms with E-state index in [1.165, 1.54) is 48.8 Å². The summed E-state index contributed by atoms with van der Waals surface area (Å²) in [6, 6.07) is 9.00. The van der Waals surface area contributed by atoms with Gasteiger partial charge < -0.3 is 0 Å². The molecule has 2 heteroatoms. The minimum Gasteiger partial charge on any atom is -0.271 e. The number of nitrogens with one attached hydrogen (secondary N) is 1. The lowest BCUT2D eigenvalue weighted by molar-refractivity contribution is 0.564. The second-order valence-electron chi connectivity index (χ2n) is 5.29. The third-order valence-corrected chi connectivity index (χ3v) is 3.75. The van der Waals surface area contributed by atoms with Gasteiger partial charge in [-0.15, -0.1) is 0 Å². The van der Waals surface area contributed by atoms with Crippen molar-refractivity contribution in [3.8, 4) is 0 Å². The average Bonchev–Trinajstić information content (AvgIpc) is 2.65. The molecule has 0 radical (unpaired) electrons. The Morgan fingerprint density at radius 3 is 2.94 bits per heavy atom. The van der Waals surface area contributed by atoms with Gasteiger partial charge in [0.05, 0.1) is 0 Å². The fourth-order valence-electron chi connectivity index (χ4n) is 2.73. The zero-order valence-electron chi connectivity index (χ0n) is 11.3. The highest BCUT2D eigenvalue weighted by Gasteiger charge is 2.14. The van der Waals surface area contributed by atoms with Crippen LogP contribution in [0, 0.1) is 6.92 Å². The van der Waals surface area contributed by atoms with Gasteiger partial charge in [0, 0.05) is 6.04 Å². The number of hydrazine groups is 1. The minimum atomic E-state index is 0.296. The highest BCUT2D eigenvalue weighted by Crippen LogP contribution is 2.21. The van der Waals surface area contributed by atoms with Crippen LogP contribution < -0.4 is 11.3 Å². The summed E-state index contributed by atoms with van der Waals surface area (Å²) in [7, 11) is 0. The van der Waals surface area contributed by atoms with E-state index in [4.69, 9.17) is 5.84 Å². The first-order valence-electron chi connectivity index (χ1n) is 7.00. The Bertz CT molecular complexity index is 409. The number of aryl methyl sites for hydroxylation is 1. The molecule has 0 aromatic heterocycles. The molecule has 1 aromatic carbocycles. The SMILES string of the molecule is Cc1cccc(CC(NN)C2=CCCCCC2)c1. The molecule has 3 N–H and O–H groups in total. The van der Waals surface area contributed by atoms with Gasteiger partial charge in [-0.25, -0.2) is 0 Å². The maximum Gasteiger partial charge on any atom is 0.0460 e. The van der Waals surface area contributed by atoms with Crippen LogP contribution in [0.25, 0.3) is 0 Å². The fraction of sp³-hybridized carbons (Fsp3) is 0.500. The van der Waals surface area contributed by atoms with Crippen LogP contribution in [-0.4, -0.2) is 6.04 Å². The summed E-state index contributed by atoms with van der Waals surface area (Å²) >= 11 is 0. The molecule has 0 aliphatic heterocycles. The van der Waals surface area contributed by atoms with Crippen LogP contribution in [-0.2, 0) is 6.42 Å². The van der Waals surface area contributed by atoms with Crippen molar-refractivity contribution in [1.82, 2.24) is 5.43 Å². The van der Waals surface area contributed by atoms with Gasteiger partial charge in [-0.05, 0) is 44.6 Å². The standard InChI is InChI=1S/C16H24N2/c1-13-7-6-8-14(11-13)12-16(18-17)15-9-4-2-3-5-10-15/h6-9,11,16,18H,2-5,10,12,17H2,1H3. The second kappa shape index (κ2) is 6.72. The van der Waals surface area contributed by atoms with Crippen LogP contribution in [0.5, 0.6) is 0 Å². The van der Waals surface area contributed by atoms with Gasteiger partial charge in [0.1, 0.15) is 0 Å². The van der Waals surface area contributed by atoms with Crippen molar-refractivity contribution in [1.29, 1.82) is 0 Å². The van der Waals surface area contributed by atoms with Crippen LogP contribution >= 0.6 is 0 Å².